The fourth-order valence-electron chi connectivity index (χ4n) is 9.32. The van der Waals surface area contributed by atoms with E-state index in [1.807, 2.05) is 36.4 Å². The van der Waals surface area contributed by atoms with Crippen molar-refractivity contribution in [3.8, 4) is 33.4 Å². The van der Waals surface area contributed by atoms with E-state index in [9.17, 15) is 0 Å². The topological polar surface area (TPSA) is 48.1 Å². The summed E-state index contributed by atoms with van der Waals surface area (Å²) in [7, 11) is 0. The lowest BCUT2D eigenvalue weighted by atomic mass is 9.67. The zero-order chi connectivity index (χ0) is 43.4. The van der Waals surface area contributed by atoms with Crippen LogP contribution in [0.3, 0.4) is 0 Å². The number of anilines is 8. The van der Waals surface area contributed by atoms with E-state index in [1.165, 1.54) is 55.6 Å². The van der Waals surface area contributed by atoms with Crippen LogP contribution in [-0.2, 0) is 5.41 Å². The molecule has 10 aromatic carbocycles. The number of nitrogens with one attached hydrogen (secondary N) is 4. The molecule has 0 radical (unpaired) electrons. The summed E-state index contributed by atoms with van der Waals surface area (Å²) >= 11 is 0. The molecule has 0 bridgehead atoms. The van der Waals surface area contributed by atoms with Crippen LogP contribution in [-0.4, -0.2) is 0 Å². The average molecular weight is 835 g/mol. The third-order valence-corrected chi connectivity index (χ3v) is 12.5. The van der Waals surface area contributed by atoms with Crippen molar-refractivity contribution in [1.29, 1.82) is 0 Å². The molecule has 10 aromatic rings. The Balaban J connectivity index is 0.824. The van der Waals surface area contributed by atoms with Crippen molar-refractivity contribution < 1.29 is 0 Å². The predicted molar refractivity (Wildman–Crippen MR) is 274 cm³/mol. The Labute approximate surface area is 381 Å². The molecule has 0 saturated heterocycles. The van der Waals surface area contributed by atoms with Gasteiger partial charge >= 0.3 is 0 Å². The maximum absolute atomic E-state index is 3.66. The molecule has 4 heteroatoms. The van der Waals surface area contributed by atoms with Gasteiger partial charge < -0.3 is 21.3 Å². The zero-order valence-electron chi connectivity index (χ0n) is 35.7. The highest BCUT2D eigenvalue weighted by Gasteiger charge is 2.45. The summed E-state index contributed by atoms with van der Waals surface area (Å²) in [6.07, 6.45) is 0. The molecule has 0 unspecified atom stereocenters. The molecule has 0 aliphatic heterocycles. The molecule has 65 heavy (non-hydrogen) atoms. The lowest BCUT2D eigenvalue weighted by molar-refractivity contribution is 0.769. The Morgan fingerprint density at radius 1 is 0.200 bits per heavy atom. The van der Waals surface area contributed by atoms with E-state index in [2.05, 4.69) is 240 Å². The summed E-state index contributed by atoms with van der Waals surface area (Å²) < 4.78 is 0. The largest absolute Gasteiger partial charge is 0.356 e. The smallest absolute Gasteiger partial charge is 0.0713 e. The fraction of sp³-hybridized carbons (Fsp3) is 0.0164. The van der Waals surface area contributed by atoms with Gasteiger partial charge in [-0.15, -0.1) is 0 Å². The molecule has 0 heterocycles. The van der Waals surface area contributed by atoms with Gasteiger partial charge in [0.05, 0.1) is 5.41 Å². The van der Waals surface area contributed by atoms with E-state index in [-0.39, 0.29) is 0 Å². The molecule has 11 rings (SSSR count). The maximum atomic E-state index is 3.66. The molecular formula is C61H46N4. The highest BCUT2D eigenvalue weighted by Crippen LogP contribution is 2.56. The second-order valence-electron chi connectivity index (χ2n) is 16.5. The molecule has 0 fully saturated rings. The van der Waals surface area contributed by atoms with E-state index < -0.39 is 5.41 Å². The molecule has 4 N–H and O–H groups in total. The number of hydrogen-bond acceptors (Lipinski definition) is 4. The standard InChI is InChI=1S/C61H46N4/c1-3-11-49(12-4-1)62-51-31-19-43(20-32-51)45-23-35-53(36-24-45)64-55-39-27-47(28-40-55)61(59-17-9-7-15-57(59)58-16-8-10-18-60(58)61)48-29-41-56(42-30-48)65-54-37-25-46(26-38-54)44-21-33-52(34-22-44)63-50-13-5-2-6-14-50/h1-42,62-65H. The van der Waals surface area contributed by atoms with Crippen molar-refractivity contribution in [3.63, 3.8) is 0 Å². The first-order chi connectivity index (χ1) is 32.2. The number of para-hydroxylation sites is 2. The Morgan fingerprint density at radius 3 is 0.723 bits per heavy atom. The normalized spacial score (nSPS) is 12.1. The summed E-state index contributed by atoms with van der Waals surface area (Å²) in [6, 6.07) is 90.8. The van der Waals surface area contributed by atoms with E-state index in [0.717, 1.165) is 45.5 Å². The molecule has 0 amide bonds. The van der Waals surface area contributed by atoms with Crippen LogP contribution < -0.4 is 21.3 Å². The van der Waals surface area contributed by atoms with Gasteiger partial charge in [0, 0.05) is 45.5 Å². The van der Waals surface area contributed by atoms with Crippen molar-refractivity contribution in [2.45, 2.75) is 5.41 Å². The summed E-state index contributed by atoms with van der Waals surface area (Å²) in [5.41, 5.74) is 20.2. The number of fused-ring (bicyclic) bond motifs is 3. The monoisotopic (exact) mass is 834 g/mol. The zero-order valence-corrected chi connectivity index (χ0v) is 35.7. The average Bonchev–Trinajstić information content (AvgIpc) is 3.67. The van der Waals surface area contributed by atoms with Crippen LogP contribution in [0.5, 0.6) is 0 Å². The lowest BCUT2D eigenvalue weighted by Gasteiger charge is -2.34. The van der Waals surface area contributed by atoms with Crippen LogP contribution in [0.25, 0.3) is 33.4 Å². The minimum absolute atomic E-state index is 0.494. The highest BCUT2D eigenvalue weighted by molar-refractivity contribution is 5.87. The van der Waals surface area contributed by atoms with Gasteiger partial charge in [-0.2, -0.15) is 0 Å². The second kappa shape index (κ2) is 17.3. The van der Waals surface area contributed by atoms with Crippen molar-refractivity contribution in [3.05, 3.63) is 277 Å². The second-order valence-corrected chi connectivity index (χ2v) is 16.5. The van der Waals surface area contributed by atoms with Gasteiger partial charge in [0.25, 0.3) is 0 Å². The summed E-state index contributed by atoms with van der Waals surface area (Å²) in [6.45, 7) is 0. The number of hydrogen-bond donors (Lipinski definition) is 4. The van der Waals surface area contributed by atoms with Crippen molar-refractivity contribution >= 4 is 45.5 Å². The molecule has 0 spiro atoms. The minimum Gasteiger partial charge on any atom is -0.356 e. The van der Waals surface area contributed by atoms with Gasteiger partial charge in [0.2, 0.25) is 0 Å². The Hall–Kier alpha value is -8.60. The molecule has 0 aromatic heterocycles. The molecule has 310 valence electrons. The van der Waals surface area contributed by atoms with E-state index in [0.29, 0.717) is 0 Å². The first kappa shape index (κ1) is 39.3. The SMILES string of the molecule is c1ccc(Nc2ccc(-c3ccc(Nc4ccc(C5(c6ccc(Nc7ccc(-c8ccc(Nc9ccccc9)cc8)cc7)cc6)c6ccccc6-c6ccccc65)cc4)cc3)cc2)cc1. The molecule has 0 saturated carbocycles. The Bertz CT molecular complexity index is 2960. The Kier molecular flexibility index (Phi) is 10.4. The molecular weight excluding hydrogens is 789 g/mol. The van der Waals surface area contributed by atoms with Crippen LogP contribution >= 0.6 is 0 Å². The molecule has 0 atom stereocenters. The summed E-state index contributed by atoms with van der Waals surface area (Å²) in [5.74, 6) is 0. The lowest BCUT2D eigenvalue weighted by Crippen LogP contribution is -2.28. The van der Waals surface area contributed by atoms with Crippen molar-refractivity contribution in [1.82, 2.24) is 0 Å². The maximum Gasteiger partial charge on any atom is 0.0713 e. The summed E-state index contributed by atoms with van der Waals surface area (Å²) in [4.78, 5) is 0. The van der Waals surface area contributed by atoms with Gasteiger partial charge in [0.1, 0.15) is 0 Å². The van der Waals surface area contributed by atoms with Gasteiger partial charge in [-0.05, 0) is 153 Å². The number of rotatable bonds is 12. The third-order valence-electron chi connectivity index (χ3n) is 12.5. The van der Waals surface area contributed by atoms with Crippen LogP contribution in [0.2, 0.25) is 0 Å². The van der Waals surface area contributed by atoms with Crippen LogP contribution in [0.15, 0.2) is 255 Å². The van der Waals surface area contributed by atoms with Gasteiger partial charge in [-0.1, -0.05) is 158 Å². The van der Waals surface area contributed by atoms with Crippen molar-refractivity contribution in [2.75, 3.05) is 21.3 Å². The van der Waals surface area contributed by atoms with Crippen LogP contribution in [0, 0.1) is 0 Å². The molecule has 4 nitrogen and oxygen atoms in total. The third kappa shape index (κ3) is 7.90. The first-order valence-electron chi connectivity index (χ1n) is 22.2. The van der Waals surface area contributed by atoms with Crippen LogP contribution in [0.4, 0.5) is 45.5 Å². The molecule has 1 aliphatic carbocycles. The predicted octanol–water partition coefficient (Wildman–Crippen LogP) is 16.4. The van der Waals surface area contributed by atoms with E-state index in [1.54, 1.807) is 0 Å². The van der Waals surface area contributed by atoms with Crippen LogP contribution in [0.1, 0.15) is 22.3 Å². The number of benzene rings is 10. The minimum atomic E-state index is -0.494. The first-order valence-corrected chi connectivity index (χ1v) is 22.2. The van der Waals surface area contributed by atoms with Crippen molar-refractivity contribution in [2.24, 2.45) is 0 Å². The molecule has 1 aliphatic rings. The highest BCUT2D eigenvalue weighted by atomic mass is 14.9. The van der Waals surface area contributed by atoms with Gasteiger partial charge in [-0.3, -0.25) is 0 Å². The fourth-order valence-corrected chi connectivity index (χ4v) is 9.32. The Morgan fingerprint density at radius 2 is 0.431 bits per heavy atom. The van der Waals surface area contributed by atoms with E-state index >= 15 is 0 Å². The van der Waals surface area contributed by atoms with Gasteiger partial charge in [-0.25, -0.2) is 0 Å². The quantitative estimate of drug-likeness (QED) is 0.0990. The van der Waals surface area contributed by atoms with E-state index in [4.69, 9.17) is 0 Å². The van der Waals surface area contributed by atoms with Gasteiger partial charge in [0.15, 0.2) is 0 Å². The summed E-state index contributed by atoms with van der Waals surface area (Å²) in [5, 5.41) is 14.3.